The van der Waals surface area contributed by atoms with E-state index in [4.69, 9.17) is 4.74 Å². The van der Waals surface area contributed by atoms with Gasteiger partial charge in [0.15, 0.2) is 5.69 Å². The third-order valence-corrected chi connectivity index (χ3v) is 2.92. The second-order valence-corrected chi connectivity index (χ2v) is 5.87. The van der Waals surface area contributed by atoms with Crippen molar-refractivity contribution in [1.29, 1.82) is 0 Å². The number of halogens is 3. The standard InChI is InChI=1S/C14H18F3N3O/c1-5-6-21-12-19-9(14(15,16)17)7-11-18-10(8-20(11)12)13(2,3)4/h7-8H,5-6H2,1-4H3. The molecule has 4 nitrogen and oxygen atoms in total. The lowest BCUT2D eigenvalue weighted by molar-refractivity contribution is -0.141. The zero-order chi connectivity index (χ0) is 15.8. The van der Waals surface area contributed by atoms with Crippen LogP contribution in [0.15, 0.2) is 12.3 Å². The van der Waals surface area contributed by atoms with E-state index in [1.807, 2.05) is 27.7 Å². The van der Waals surface area contributed by atoms with Crippen LogP contribution in [0.5, 0.6) is 6.01 Å². The molecule has 2 heterocycles. The van der Waals surface area contributed by atoms with Crippen LogP contribution in [0.2, 0.25) is 0 Å². The monoisotopic (exact) mass is 301 g/mol. The van der Waals surface area contributed by atoms with Gasteiger partial charge in [0.1, 0.15) is 5.65 Å². The molecule has 0 N–H and O–H groups in total. The molecule has 0 unspecified atom stereocenters. The first-order valence-corrected chi connectivity index (χ1v) is 6.73. The van der Waals surface area contributed by atoms with E-state index in [9.17, 15) is 13.2 Å². The molecule has 0 spiro atoms. The minimum Gasteiger partial charge on any atom is -0.464 e. The molecule has 116 valence electrons. The lowest BCUT2D eigenvalue weighted by Crippen LogP contribution is -2.12. The summed E-state index contributed by atoms with van der Waals surface area (Å²) in [5.41, 5.74) is -0.391. The van der Waals surface area contributed by atoms with E-state index in [0.717, 1.165) is 6.07 Å². The van der Waals surface area contributed by atoms with Crippen LogP contribution in [-0.4, -0.2) is 21.0 Å². The van der Waals surface area contributed by atoms with Crippen molar-refractivity contribution in [2.45, 2.75) is 45.7 Å². The van der Waals surface area contributed by atoms with Crippen molar-refractivity contribution in [3.05, 3.63) is 23.7 Å². The molecule has 21 heavy (non-hydrogen) atoms. The molecule has 0 aliphatic rings. The van der Waals surface area contributed by atoms with Gasteiger partial charge in [-0.2, -0.15) is 18.2 Å². The Labute approximate surface area is 121 Å². The number of hydrogen-bond acceptors (Lipinski definition) is 3. The zero-order valence-corrected chi connectivity index (χ0v) is 12.5. The van der Waals surface area contributed by atoms with E-state index in [0.29, 0.717) is 18.7 Å². The van der Waals surface area contributed by atoms with Crippen molar-refractivity contribution in [3.8, 4) is 6.01 Å². The van der Waals surface area contributed by atoms with Crippen molar-refractivity contribution in [2.24, 2.45) is 0 Å². The maximum atomic E-state index is 12.9. The van der Waals surface area contributed by atoms with E-state index in [2.05, 4.69) is 9.97 Å². The van der Waals surface area contributed by atoms with E-state index in [1.54, 1.807) is 6.20 Å². The lowest BCUT2D eigenvalue weighted by atomic mass is 9.93. The first-order chi connectivity index (χ1) is 9.63. The molecule has 0 aliphatic heterocycles. The molecule has 0 bridgehead atoms. The minimum atomic E-state index is -4.53. The summed E-state index contributed by atoms with van der Waals surface area (Å²) in [5.74, 6) is 0. The van der Waals surface area contributed by atoms with Crippen molar-refractivity contribution >= 4 is 5.65 Å². The molecule has 0 atom stereocenters. The van der Waals surface area contributed by atoms with Gasteiger partial charge in [-0.05, 0) is 6.42 Å². The number of imidazole rings is 1. The van der Waals surface area contributed by atoms with Crippen LogP contribution in [0.3, 0.4) is 0 Å². The fourth-order valence-electron chi connectivity index (χ4n) is 1.76. The normalized spacial score (nSPS) is 12.9. The number of rotatable bonds is 3. The number of ether oxygens (including phenoxy) is 1. The molecule has 0 aliphatic carbocycles. The Balaban J connectivity index is 2.62. The fraction of sp³-hybridized carbons (Fsp3) is 0.571. The number of aromatic nitrogens is 3. The van der Waals surface area contributed by atoms with Gasteiger partial charge >= 0.3 is 12.2 Å². The molecule has 0 saturated carbocycles. The van der Waals surface area contributed by atoms with Gasteiger partial charge in [0, 0.05) is 17.7 Å². The van der Waals surface area contributed by atoms with E-state index in [-0.39, 0.29) is 17.1 Å². The third-order valence-electron chi connectivity index (χ3n) is 2.92. The summed E-state index contributed by atoms with van der Waals surface area (Å²) in [4.78, 5) is 7.85. The summed E-state index contributed by atoms with van der Waals surface area (Å²) >= 11 is 0. The van der Waals surface area contributed by atoms with Gasteiger partial charge in [0.25, 0.3) is 0 Å². The lowest BCUT2D eigenvalue weighted by Gasteiger charge is -2.13. The Morgan fingerprint density at radius 1 is 1.14 bits per heavy atom. The Kier molecular flexibility index (Phi) is 3.86. The molecule has 7 heteroatoms. The molecule has 0 radical (unpaired) electrons. The molecule has 2 aromatic rings. The van der Waals surface area contributed by atoms with Crippen LogP contribution in [0.1, 0.15) is 45.5 Å². The summed E-state index contributed by atoms with van der Waals surface area (Å²) in [7, 11) is 0. The molecule has 2 rings (SSSR count). The Hall–Kier alpha value is -1.79. The summed E-state index contributed by atoms with van der Waals surface area (Å²) < 4.78 is 45.5. The predicted molar refractivity (Wildman–Crippen MR) is 72.5 cm³/mol. The third kappa shape index (κ3) is 3.28. The first-order valence-electron chi connectivity index (χ1n) is 6.73. The van der Waals surface area contributed by atoms with Crippen LogP contribution in [0, 0.1) is 0 Å². The van der Waals surface area contributed by atoms with E-state index < -0.39 is 11.9 Å². The molecular formula is C14H18F3N3O. The quantitative estimate of drug-likeness (QED) is 0.865. The SMILES string of the molecule is CCCOc1nc(C(F)(F)F)cc2nc(C(C)(C)C)cn12. The molecule has 0 aromatic carbocycles. The molecule has 0 amide bonds. The van der Waals surface area contributed by atoms with E-state index >= 15 is 0 Å². The minimum absolute atomic E-state index is 0.0790. The smallest absolute Gasteiger partial charge is 0.433 e. The second-order valence-electron chi connectivity index (χ2n) is 5.87. The summed E-state index contributed by atoms with van der Waals surface area (Å²) in [5, 5.41) is 0. The van der Waals surface area contributed by atoms with Gasteiger partial charge in [0.2, 0.25) is 0 Å². The Bertz CT molecular complexity index is 641. The summed E-state index contributed by atoms with van der Waals surface area (Å²) in [6.45, 7) is 8.00. The van der Waals surface area contributed by atoms with E-state index in [1.165, 1.54) is 4.40 Å². The maximum Gasteiger partial charge on any atom is 0.433 e. The van der Waals surface area contributed by atoms with Gasteiger partial charge in [-0.25, -0.2) is 4.98 Å². The molecular weight excluding hydrogens is 283 g/mol. The molecule has 0 saturated heterocycles. The van der Waals surface area contributed by atoms with Crippen LogP contribution in [-0.2, 0) is 11.6 Å². The van der Waals surface area contributed by atoms with Crippen LogP contribution < -0.4 is 4.74 Å². The number of fused-ring (bicyclic) bond motifs is 1. The highest BCUT2D eigenvalue weighted by molar-refractivity contribution is 5.45. The van der Waals surface area contributed by atoms with Crippen molar-refractivity contribution < 1.29 is 17.9 Å². The predicted octanol–water partition coefficient (Wildman–Crippen LogP) is 3.83. The highest BCUT2D eigenvalue weighted by Crippen LogP contribution is 2.31. The molecule has 0 fully saturated rings. The zero-order valence-electron chi connectivity index (χ0n) is 12.5. The van der Waals surface area contributed by atoms with Gasteiger partial charge in [-0.15, -0.1) is 0 Å². The molecule has 2 aromatic heterocycles. The van der Waals surface area contributed by atoms with Crippen LogP contribution in [0.25, 0.3) is 5.65 Å². The van der Waals surface area contributed by atoms with Gasteiger partial charge < -0.3 is 4.74 Å². The summed E-state index contributed by atoms with van der Waals surface area (Å²) in [6, 6.07) is 0.860. The topological polar surface area (TPSA) is 39.4 Å². The van der Waals surface area contributed by atoms with Crippen molar-refractivity contribution in [2.75, 3.05) is 6.61 Å². The van der Waals surface area contributed by atoms with Crippen LogP contribution in [0.4, 0.5) is 13.2 Å². The largest absolute Gasteiger partial charge is 0.464 e. The highest BCUT2D eigenvalue weighted by Gasteiger charge is 2.34. The average molecular weight is 301 g/mol. The maximum absolute atomic E-state index is 12.9. The van der Waals surface area contributed by atoms with Gasteiger partial charge in [0.05, 0.1) is 12.3 Å². The number of alkyl halides is 3. The fourth-order valence-corrected chi connectivity index (χ4v) is 1.76. The average Bonchev–Trinajstić information content (AvgIpc) is 2.78. The second kappa shape index (κ2) is 5.20. The Morgan fingerprint density at radius 3 is 2.33 bits per heavy atom. The number of hydrogen-bond donors (Lipinski definition) is 0. The summed E-state index contributed by atoms with van der Waals surface area (Å²) in [6.07, 6.45) is -2.17. The van der Waals surface area contributed by atoms with Crippen molar-refractivity contribution in [1.82, 2.24) is 14.4 Å². The Morgan fingerprint density at radius 2 is 1.81 bits per heavy atom. The van der Waals surface area contributed by atoms with Crippen molar-refractivity contribution in [3.63, 3.8) is 0 Å². The highest BCUT2D eigenvalue weighted by atomic mass is 19.4. The van der Waals surface area contributed by atoms with Crippen LogP contribution >= 0.6 is 0 Å². The van der Waals surface area contributed by atoms with Gasteiger partial charge in [-0.3, -0.25) is 4.40 Å². The van der Waals surface area contributed by atoms with Gasteiger partial charge in [-0.1, -0.05) is 27.7 Å². The number of nitrogens with zero attached hydrogens (tertiary/aromatic N) is 3. The first kappa shape index (κ1) is 15.6.